The van der Waals surface area contributed by atoms with E-state index >= 15 is 0 Å². The number of carbonyl (C=O) groups excluding carboxylic acids is 1. The van der Waals surface area contributed by atoms with Crippen molar-refractivity contribution >= 4 is 23.0 Å². The zero-order valence-electron chi connectivity index (χ0n) is 18.1. The molecule has 158 valence electrons. The summed E-state index contributed by atoms with van der Waals surface area (Å²) in [4.78, 5) is 17.5. The normalized spacial score (nSPS) is 16.6. The SMILES string of the molecule is Cc1nn(C)c2c1N(CC#CCCCN1CCCCCC1)c1ccccc1NC2=O. The monoisotopic (exact) mass is 405 g/mol. The molecule has 1 amide bonds. The zero-order valence-corrected chi connectivity index (χ0v) is 18.1. The molecule has 0 bridgehead atoms. The molecule has 3 heterocycles. The first-order valence-corrected chi connectivity index (χ1v) is 11.0. The number of benzene rings is 1. The third kappa shape index (κ3) is 4.36. The lowest BCUT2D eigenvalue weighted by atomic mass is 10.2. The van der Waals surface area contributed by atoms with Crippen LogP contribution < -0.4 is 10.2 Å². The number of nitrogens with one attached hydrogen (secondary N) is 1. The van der Waals surface area contributed by atoms with Gasteiger partial charge in [-0.05, 0) is 58.0 Å². The Hall–Kier alpha value is -2.78. The van der Waals surface area contributed by atoms with Gasteiger partial charge in [0.15, 0.2) is 0 Å². The first-order valence-electron chi connectivity index (χ1n) is 11.0. The van der Waals surface area contributed by atoms with E-state index in [0.29, 0.717) is 12.2 Å². The van der Waals surface area contributed by atoms with Crippen molar-refractivity contribution in [1.29, 1.82) is 0 Å². The summed E-state index contributed by atoms with van der Waals surface area (Å²) in [5, 5.41) is 7.51. The summed E-state index contributed by atoms with van der Waals surface area (Å²) in [5.41, 5.74) is 4.02. The minimum absolute atomic E-state index is 0.131. The summed E-state index contributed by atoms with van der Waals surface area (Å²) >= 11 is 0. The van der Waals surface area contributed by atoms with Crippen LogP contribution in [0.15, 0.2) is 24.3 Å². The van der Waals surface area contributed by atoms with E-state index in [9.17, 15) is 4.79 Å². The van der Waals surface area contributed by atoms with Crippen LogP contribution in [-0.2, 0) is 7.05 Å². The second-order valence-electron chi connectivity index (χ2n) is 8.18. The van der Waals surface area contributed by atoms with E-state index in [2.05, 4.69) is 32.1 Å². The van der Waals surface area contributed by atoms with Crippen molar-refractivity contribution in [3.8, 4) is 11.8 Å². The maximum absolute atomic E-state index is 12.8. The molecule has 0 spiro atoms. The van der Waals surface area contributed by atoms with Gasteiger partial charge in [0.05, 0.1) is 29.3 Å². The van der Waals surface area contributed by atoms with Crippen molar-refractivity contribution < 1.29 is 4.79 Å². The highest BCUT2D eigenvalue weighted by Crippen LogP contribution is 2.38. The molecule has 2 aliphatic heterocycles. The fourth-order valence-electron chi connectivity index (χ4n) is 4.48. The molecule has 0 radical (unpaired) electrons. The number of aromatic nitrogens is 2. The standard InChI is InChI=1S/C24H31N5O/c1-19-22-23(27(2)26-19)24(30)25-20-13-7-8-14-21(20)29(22)18-12-6-5-11-17-28-15-9-3-4-10-16-28/h7-8,13-14H,3-5,9-11,15-18H2,1-2H3,(H,25,30). The predicted molar refractivity (Wildman–Crippen MR) is 121 cm³/mol. The van der Waals surface area contributed by atoms with Crippen molar-refractivity contribution in [2.24, 2.45) is 7.05 Å². The highest BCUT2D eigenvalue weighted by Gasteiger charge is 2.30. The van der Waals surface area contributed by atoms with Gasteiger partial charge in [-0.2, -0.15) is 5.10 Å². The summed E-state index contributed by atoms with van der Waals surface area (Å²) in [6.07, 6.45) is 7.43. The van der Waals surface area contributed by atoms with Gasteiger partial charge in [-0.3, -0.25) is 9.48 Å². The van der Waals surface area contributed by atoms with Crippen molar-refractivity contribution in [1.82, 2.24) is 14.7 Å². The largest absolute Gasteiger partial charge is 0.324 e. The van der Waals surface area contributed by atoms with Crippen LogP contribution >= 0.6 is 0 Å². The molecule has 0 atom stereocenters. The first-order chi connectivity index (χ1) is 14.6. The number of amides is 1. The Balaban J connectivity index is 1.47. The van der Waals surface area contributed by atoms with Crippen molar-refractivity contribution in [2.45, 2.75) is 45.4 Å². The third-order valence-electron chi connectivity index (χ3n) is 5.96. The highest BCUT2D eigenvalue weighted by molar-refractivity contribution is 6.11. The smallest absolute Gasteiger partial charge is 0.276 e. The number of anilines is 3. The lowest BCUT2D eigenvalue weighted by molar-refractivity contribution is 0.101. The van der Waals surface area contributed by atoms with Crippen molar-refractivity contribution in [3.05, 3.63) is 35.7 Å². The van der Waals surface area contributed by atoms with Gasteiger partial charge >= 0.3 is 0 Å². The molecule has 0 saturated carbocycles. The minimum atomic E-state index is -0.131. The second kappa shape index (κ2) is 9.36. The Morgan fingerprint density at radius 1 is 1.10 bits per heavy atom. The minimum Gasteiger partial charge on any atom is -0.324 e. The van der Waals surface area contributed by atoms with E-state index in [1.165, 1.54) is 38.8 Å². The summed E-state index contributed by atoms with van der Waals surface area (Å²) in [5.74, 6) is 6.57. The van der Waals surface area contributed by atoms with Crippen LogP contribution in [0.25, 0.3) is 0 Å². The maximum Gasteiger partial charge on any atom is 0.276 e. The van der Waals surface area contributed by atoms with E-state index in [4.69, 9.17) is 0 Å². The topological polar surface area (TPSA) is 53.4 Å². The van der Waals surface area contributed by atoms with E-state index < -0.39 is 0 Å². The second-order valence-corrected chi connectivity index (χ2v) is 8.18. The van der Waals surface area contributed by atoms with E-state index in [1.54, 1.807) is 4.68 Å². The zero-order chi connectivity index (χ0) is 20.9. The van der Waals surface area contributed by atoms with Crippen LogP contribution in [0.3, 0.4) is 0 Å². The average molecular weight is 406 g/mol. The molecule has 2 aliphatic rings. The van der Waals surface area contributed by atoms with Gasteiger partial charge in [-0.25, -0.2) is 0 Å². The summed E-state index contributed by atoms with van der Waals surface area (Å²) in [7, 11) is 1.81. The predicted octanol–water partition coefficient (Wildman–Crippen LogP) is 4.09. The number of hydrogen-bond acceptors (Lipinski definition) is 4. The summed E-state index contributed by atoms with van der Waals surface area (Å²) in [6, 6.07) is 7.89. The number of nitrogens with zero attached hydrogens (tertiary/aromatic N) is 4. The van der Waals surface area contributed by atoms with E-state index in [0.717, 1.165) is 42.1 Å². The number of para-hydroxylation sites is 2. The lowest BCUT2D eigenvalue weighted by Gasteiger charge is -2.22. The molecule has 4 rings (SSSR count). The molecule has 30 heavy (non-hydrogen) atoms. The van der Waals surface area contributed by atoms with Crippen LogP contribution in [0, 0.1) is 18.8 Å². The fourth-order valence-corrected chi connectivity index (χ4v) is 4.48. The average Bonchev–Trinajstić information content (AvgIpc) is 2.90. The molecule has 6 nitrogen and oxygen atoms in total. The Labute approximate surface area is 179 Å². The molecule has 1 aromatic carbocycles. The number of rotatable bonds is 4. The number of unbranched alkanes of at least 4 members (excludes halogenated alkanes) is 1. The Morgan fingerprint density at radius 2 is 1.87 bits per heavy atom. The van der Waals surface area contributed by atoms with Gasteiger partial charge in [0.2, 0.25) is 0 Å². The van der Waals surface area contributed by atoms with Gasteiger partial charge in [-0.1, -0.05) is 30.9 Å². The molecule has 0 unspecified atom stereocenters. The van der Waals surface area contributed by atoms with Crippen LogP contribution in [-0.4, -0.2) is 46.8 Å². The van der Waals surface area contributed by atoms with Crippen molar-refractivity contribution in [3.63, 3.8) is 0 Å². The number of likely N-dealkylation sites (tertiary alicyclic amines) is 1. The number of fused-ring (bicyclic) bond motifs is 2. The van der Waals surface area contributed by atoms with Crippen LogP contribution in [0.1, 0.15) is 54.7 Å². The molecular formula is C24H31N5O. The van der Waals surface area contributed by atoms with Crippen molar-refractivity contribution in [2.75, 3.05) is 36.4 Å². The summed E-state index contributed by atoms with van der Waals surface area (Å²) < 4.78 is 1.66. The molecule has 1 fully saturated rings. The van der Waals surface area contributed by atoms with Gasteiger partial charge in [0.1, 0.15) is 5.69 Å². The highest BCUT2D eigenvalue weighted by atomic mass is 16.2. The number of hydrogen-bond donors (Lipinski definition) is 1. The number of carbonyl (C=O) groups is 1. The Bertz CT molecular complexity index is 960. The quantitative estimate of drug-likeness (QED) is 0.615. The number of aryl methyl sites for hydroxylation is 2. The molecule has 6 heteroatoms. The Kier molecular flexibility index (Phi) is 6.39. The van der Waals surface area contributed by atoms with Crippen LogP contribution in [0.2, 0.25) is 0 Å². The molecule has 1 N–H and O–H groups in total. The Morgan fingerprint density at radius 3 is 2.67 bits per heavy atom. The van der Waals surface area contributed by atoms with Gasteiger partial charge in [0, 0.05) is 13.5 Å². The van der Waals surface area contributed by atoms with Crippen LogP contribution in [0.5, 0.6) is 0 Å². The van der Waals surface area contributed by atoms with E-state index in [1.807, 2.05) is 38.2 Å². The first kappa shape index (κ1) is 20.5. The van der Waals surface area contributed by atoms with Gasteiger partial charge in [-0.15, -0.1) is 5.92 Å². The molecule has 2 aromatic rings. The summed E-state index contributed by atoms with van der Waals surface area (Å²) in [6.45, 7) is 6.10. The lowest BCUT2D eigenvalue weighted by Crippen LogP contribution is -2.25. The van der Waals surface area contributed by atoms with Gasteiger partial charge < -0.3 is 15.1 Å². The molecular weight excluding hydrogens is 374 g/mol. The third-order valence-corrected chi connectivity index (χ3v) is 5.96. The van der Waals surface area contributed by atoms with Gasteiger partial charge in [0.25, 0.3) is 5.91 Å². The van der Waals surface area contributed by atoms with E-state index in [-0.39, 0.29) is 5.91 Å². The molecule has 0 aliphatic carbocycles. The molecule has 1 aromatic heterocycles. The fraction of sp³-hybridized carbons (Fsp3) is 0.500. The molecule has 1 saturated heterocycles. The van der Waals surface area contributed by atoms with Crippen LogP contribution in [0.4, 0.5) is 17.1 Å². The maximum atomic E-state index is 12.8.